The topological polar surface area (TPSA) is 55.4 Å². The van der Waals surface area contributed by atoms with Crippen LogP contribution in [0.25, 0.3) is 6.08 Å². The fraction of sp³-hybridized carbons (Fsp3) is 0.200. The number of hydrogen-bond acceptors (Lipinski definition) is 3. The van der Waals surface area contributed by atoms with Gasteiger partial charge in [-0.25, -0.2) is 8.42 Å². The monoisotopic (exact) mass is 225 g/mol. The third-order valence-electron chi connectivity index (χ3n) is 2.29. The van der Waals surface area contributed by atoms with Crippen LogP contribution in [-0.2, 0) is 10.0 Å². The van der Waals surface area contributed by atoms with Gasteiger partial charge in [0.25, 0.3) is 10.0 Å². The SMILES string of the molecule is COc1ccc2c(c1)C=C(C)S(=O)(=O)N2. The molecule has 1 aromatic carbocycles. The number of hydrogen-bond donors (Lipinski definition) is 1. The molecule has 0 aliphatic carbocycles. The van der Waals surface area contributed by atoms with E-state index < -0.39 is 10.0 Å². The van der Waals surface area contributed by atoms with E-state index in [-0.39, 0.29) is 0 Å². The highest BCUT2D eigenvalue weighted by molar-refractivity contribution is 7.96. The molecule has 1 N–H and O–H groups in total. The van der Waals surface area contributed by atoms with Crippen molar-refractivity contribution in [1.82, 2.24) is 0 Å². The van der Waals surface area contributed by atoms with Gasteiger partial charge in [0.15, 0.2) is 0 Å². The summed E-state index contributed by atoms with van der Waals surface area (Å²) in [5.74, 6) is 0.707. The average molecular weight is 225 g/mol. The highest BCUT2D eigenvalue weighted by Gasteiger charge is 2.20. The van der Waals surface area contributed by atoms with Crippen LogP contribution in [0.5, 0.6) is 5.75 Å². The van der Waals surface area contributed by atoms with Crippen molar-refractivity contribution in [3.05, 3.63) is 28.7 Å². The number of nitrogens with one attached hydrogen (secondary N) is 1. The first-order valence-corrected chi connectivity index (χ1v) is 5.90. The van der Waals surface area contributed by atoms with E-state index in [4.69, 9.17) is 4.74 Å². The van der Waals surface area contributed by atoms with Gasteiger partial charge in [-0.1, -0.05) is 0 Å². The smallest absolute Gasteiger partial charge is 0.257 e. The minimum Gasteiger partial charge on any atom is -0.497 e. The Hall–Kier alpha value is -1.49. The number of allylic oxidation sites excluding steroid dienone is 1. The van der Waals surface area contributed by atoms with Crippen molar-refractivity contribution in [2.75, 3.05) is 11.8 Å². The van der Waals surface area contributed by atoms with Crippen molar-refractivity contribution in [1.29, 1.82) is 0 Å². The van der Waals surface area contributed by atoms with Gasteiger partial charge in [0.1, 0.15) is 5.75 Å². The molecule has 0 atom stereocenters. The third-order valence-corrected chi connectivity index (χ3v) is 3.74. The first-order valence-electron chi connectivity index (χ1n) is 4.42. The van der Waals surface area contributed by atoms with Crippen LogP contribution in [0.2, 0.25) is 0 Å². The fourth-order valence-electron chi connectivity index (χ4n) is 1.40. The lowest BCUT2D eigenvalue weighted by Crippen LogP contribution is -2.17. The van der Waals surface area contributed by atoms with E-state index in [1.54, 1.807) is 38.3 Å². The minimum absolute atomic E-state index is 0.309. The maximum atomic E-state index is 11.5. The largest absolute Gasteiger partial charge is 0.497 e. The Bertz CT molecular complexity index is 532. The van der Waals surface area contributed by atoms with E-state index >= 15 is 0 Å². The molecule has 0 aromatic heterocycles. The molecule has 1 aliphatic rings. The second-order valence-corrected chi connectivity index (χ2v) is 5.17. The van der Waals surface area contributed by atoms with Crippen molar-refractivity contribution in [3.8, 4) is 5.75 Å². The van der Waals surface area contributed by atoms with E-state index in [0.717, 1.165) is 5.56 Å². The van der Waals surface area contributed by atoms with Gasteiger partial charge in [-0.3, -0.25) is 4.72 Å². The summed E-state index contributed by atoms with van der Waals surface area (Å²) in [5.41, 5.74) is 1.41. The van der Waals surface area contributed by atoms with E-state index in [1.165, 1.54) is 0 Å². The van der Waals surface area contributed by atoms with Gasteiger partial charge in [-0.15, -0.1) is 0 Å². The fourth-order valence-corrected chi connectivity index (χ4v) is 2.32. The van der Waals surface area contributed by atoms with Crippen LogP contribution < -0.4 is 9.46 Å². The van der Waals surface area contributed by atoms with Gasteiger partial charge in [-0.05, 0) is 31.2 Å². The summed E-state index contributed by atoms with van der Waals surface area (Å²) >= 11 is 0. The molecule has 0 amide bonds. The zero-order valence-corrected chi connectivity index (χ0v) is 9.26. The molecule has 0 saturated carbocycles. The molecule has 4 nitrogen and oxygen atoms in total. The molecule has 2 rings (SSSR count). The Labute approximate surface area is 88.6 Å². The number of rotatable bonds is 1. The lowest BCUT2D eigenvalue weighted by atomic mass is 10.1. The molecule has 15 heavy (non-hydrogen) atoms. The molecule has 1 aromatic rings. The quantitative estimate of drug-likeness (QED) is 0.793. The van der Waals surface area contributed by atoms with Crippen LogP contribution in [-0.4, -0.2) is 15.5 Å². The van der Waals surface area contributed by atoms with E-state index in [2.05, 4.69) is 4.72 Å². The number of ether oxygens (including phenoxy) is 1. The Morgan fingerprint density at radius 2 is 2.07 bits per heavy atom. The van der Waals surface area contributed by atoms with Gasteiger partial charge in [0, 0.05) is 5.56 Å². The average Bonchev–Trinajstić information content (AvgIpc) is 2.19. The normalized spacial score (nSPS) is 17.3. The summed E-state index contributed by atoms with van der Waals surface area (Å²) in [5, 5.41) is 0. The zero-order chi connectivity index (χ0) is 11.1. The van der Waals surface area contributed by atoms with Gasteiger partial charge < -0.3 is 4.74 Å². The Kier molecular flexibility index (Phi) is 2.19. The van der Waals surface area contributed by atoms with Crippen LogP contribution in [0.4, 0.5) is 5.69 Å². The summed E-state index contributed by atoms with van der Waals surface area (Å²) in [6, 6.07) is 5.20. The molecule has 80 valence electrons. The molecule has 0 unspecified atom stereocenters. The van der Waals surface area contributed by atoms with Crippen LogP contribution in [0, 0.1) is 0 Å². The number of anilines is 1. The summed E-state index contributed by atoms with van der Waals surface area (Å²) in [4.78, 5) is 0.309. The molecule has 0 saturated heterocycles. The van der Waals surface area contributed by atoms with E-state index in [1.807, 2.05) is 0 Å². The van der Waals surface area contributed by atoms with Gasteiger partial charge in [0.2, 0.25) is 0 Å². The Morgan fingerprint density at radius 1 is 1.33 bits per heavy atom. The van der Waals surface area contributed by atoms with Crippen LogP contribution in [0.15, 0.2) is 23.1 Å². The highest BCUT2D eigenvalue weighted by Crippen LogP contribution is 2.30. The van der Waals surface area contributed by atoms with Gasteiger partial charge in [-0.2, -0.15) is 0 Å². The van der Waals surface area contributed by atoms with Crippen molar-refractivity contribution in [3.63, 3.8) is 0 Å². The lowest BCUT2D eigenvalue weighted by Gasteiger charge is -2.17. The summed E-state index contributed by atoms with van der Waals surface area (Å²) in [7, 11) is -1.75. The molecule has 1 heterocycles. The van der Waals surface area contributed by atoms with E-state index in [0.29, 0.717) is 16.3 Å². The predicted octanol–water partition coefficient (Wildman–Crippen LogP) is 1.81. The molecule has 0 fully saturated rings. The first-order chi connectivity index (χ1) is 7.03. The minimum atomic E-state index is -3.32. The van der Waals surface area contributed by atoms with Crippen molar-refractivity contribution >= 4 is 21.8 Å². The zero-order valence-electron chi connectivity index (χ0n) is 8.44. The molecule has 1 aliphatic heterocycles. The van der Waals surface area contributed by atoms with Crippen LogP contribution in [0.1, 0.15) is 12.5 Å². The first kappa shape index (κ1) is 10.0. The van der Waals surface area contributed by atoms with Gasteiger partial charge >= 0.3 is 0 Å². The number of methoxy groups -OCH3 is 1. The van der Waals surface area contributed by atoms with E-state index in [9.17, 15) is 8.42 Å². The van der Waals surface area contributed by atoms with Crippen molar-refractivity contribution < 1.29 is 13.2 Å². The van der Waals surface area contributed by atoms with Crippen molar-refractivity contribution in [2.45, 2.75) is 6.92 Å². The Balaban J connectivity index is 2.58. The second-order valence-electron chi connectivity index (χ2n) is 3.31. The molecule has 5 heteroatoms. The summed E-state index contributed by atoms with van der Waals surface area (Å²) < 4.78 is 30.5. The maximum Gasteiger partial charge on any atom is 0.257 e. The Morgan fingerprint density at radius 3 is 2.73 bits per heavy atom. The predicted molar refractivity (Wildman–Crippen MR) is 59.2 cm³/mol. The summed E-state index contributed by atoms with van der Waals surface area (Å²) in [6.45, 7) is 1.56. The van der Waals surface area contributed by atoms with Crippen molar-refractivity contribution in [2.24, 2.45) is 0 Å². The summed E-state index contributed by atoms with van der Waals surface area (Å²) in [6.07, 6.45) is 1.63. The number of sulfonamides is 1. The molecule has 0 spiro atoms. The van der Waals surface area contributed by atoms with Gasteiger partial charge in [0.05, 0.1) is 17.7 Å². The second kappa shape index (κ2) is 3.27. The molecular formula is C10H11NO3S. The lowest BCUT2D eigenvalue weighted by molar-refractivity contribution is 0.415. The van der Waals surface area contributed by atoms with Crippen LogP contribution >= 0.6 is 0 Å². The number of fused-ring (bicyclic) bond motifs is 1. The molecule has 0 radical (unpaired) electrons. The highest BCUT2D eigenvalue weighted by atomic mass is 32.2. The maximum absolute atomic E-state index is 11.5. The third kappa shape index (κ3) is 1.70. The van der Waals surface area contributed by atoms with Crippen LogP contribution in [0.3, 0.4) is 0 Å². The number of benzene rings is 1. The molecule has 0 bridgehead atoms. The standard InChI is InChI=1S/C10H11NO3S/c1-7-5-8-6-9(14-2)3-4-10(8)11-15(7,12)13/h3-6,11H,1-2H3. The molecular weight excluding hydrogens is 214 g/mol.